The van der Waals surface area contributed by atoms with Gasteiger partial charge in [0.1, 0.15) is 4.90 Å². The summed E-state index contributed by atoms with van der Waals surface area (Å²) in [6.07, 6.45) is 1.24. The maximum absolute atomic E-state index is 12.9. The lowest BCUT2D eigenvalue weighted by Crippen LogP contribution is -2.35. The van der Waals surface area contributed by atoms with Crippen molar-refractivity contribution in [3.63, 3.8) is 0 Å². The van der Waals surface area contributed by atoms with Crippen molar-refractivity contribution in [3.05, 3.63) is 58.1 Å². The lowest BCUT2D eigenvalue weighted by molar-refractivity contribution is -0.116. The molecule has 26 heavy (non-hydrogen) atoms. The molecule has 5 nitrogen and oxygen atoms in total. The van der Waals surface area contributed by atoms with E-state index in [9.17, 15) is 13.2 Å². The van der Waals surface area contributed by atoms with Crippen molar-refractivity contribution >= 4 is 37.5 Å². The molecule has 1 aliphatic rings. The van der Waals surface area contributed by atoms with Gasteiger partial charge in [-0.05, 0) is 43.0 Å². The van der Waals surface area contributed by atoms with E-state index in [1.165, 1.54) is 6.92 Å². The first-order valence-electron chi connectivity index (χ1n) is 8.45. The highest BCUT2D eigenvalue weighted by atomic mass is 79.9. The zero-order valence-corrected chi connectivity index (χ0v) is 17.1. The van der Waals surface area contributed by atoms with Crippen molar-refractivity contribution in [1.82, 2.24) is 4.72 Å². The molecular weight excluding hydrogens is 416 g/mol. The van der Waals surface area contributed by atoms with E-state index in [4.69, 9.17) is 0 Å². The van der Waals surface area contributed by atoms with Crippen LogP contribution in [0.15, 0.2) is 51.8 Å². The first-order chi connectivity index (χ1) is 12.3. The Morgan fingerprint density at radius 1 is 1.27 bits per heavy atom. The lowest BCUT2D eigenvalue weighted by Gasteiger charge is -2.23. The molecule has 0 unspecified atom stereocenters. The van der Waals surface area contributed by atoms with Crippen molar-refractivity contribution < 1.29 is 13.2 Å². The first-order valence-corrected chi connectivity index (χ1v) is 10.7. The van der Waals surface area contributed by atoms with E-state index in [2.05, 4.69) is 20.7 Å². The minimum atomic E-state index is -3.74. The Labute approximate surface area is 162 Å². The standard InChI is InChI=1S/C19H21BrN2O3S/c1-13-10-16-11-17(20)12-18(19(16)22(13)14(2)23)26(24,25)21-9-8-15-6-4-3-5-7-15/h3-7,11-13,21H,8-10H2,1-2H3/t13-/m0/s1. The van der Waals surface area contributed by atoms with Crippen molar-refractivity contribution in [3.8, 4) is 0 Å². The fourth-order valence-corrected chi connectivity index (χ4v) is 5.36. The van der Waals surface area contributed by atoms with E-state index in [1.54, 1.807) is 11.0 Å². The van der Waals surface area contributed by atoms with Crippen LogP contribution in [0.4, 0.5) is 5.69 Å². The highest BCUT2D eigenvalue weighted by Crippen LogP contribution is 2.40. The molecule has 3 rings (SSSR count). The fraction of sp³-hybridized carbons (Fsp3) is 0.316. The molecule has 0 saturated heterocycles. The largest absolute Gasteiger partial charge is 0.308 e. The molecular formula is C19H21BrN2O3S. The highest BCUT2D eigenvalue weighted by Gasteiger charge is 2.35. The summed E-state index contributed by atoms with van der Waals surface area (Å²) < 4.78 is 29.2. The van der Waals surface area contributed by atoms with Gasteiger partial charge < -0.3 is 4.90 Å². The quantitative estimate of drug-likeness (QED) is 0.781. The summed E-state index contributed by atoms with van der Waals surface area (Å²) in [5, 5.41) is 0. The van der Waals surface area contributed by atoms with Crippen molar-refractivity contribution in [2.45, 2.75) is 37.6 Å². The number of benzene rings is 2. The summed E-state index contributed by atoms with van der Waals surface area (Å²) in [6, 6.07) is 13.1. The van der Waals surface area contributed by atoms with Gasteiger partial charge in [-0.3, -0.25) is 4.79 Å². The second kappa shape index (κ2) is 7.50. The van der Waals surface area contributed by atoms with E-state index in [-0.39, 0.29) is 16.8 Å². The summed E-state index contributed by atoms with van der Waals surface area (Å²) in [6.45, 7) is 3.69. The molecule has 1 atom stereocenters. The number of anilines is 1. The van der Waals surface area contributed by atoms with Crippen LogP contribution >= 0.6 is 15.9 Å². The van der Waals surface area contributed by atoms with Gasteiger partial charge in [-0.15, -0.1) is 0 Å². The number of nitrogens with zero attached hydrogens (tertiary/aromatic N) is 1. The van der Waals surface area contributed by atoms with Gasteiger partial charge in [0, 0.05) is 24.0 Å². The second-order valence-electron chi connectivity index (χ2n) is 6.49. The van der Waals surface area contributed by atoms with E-state index < -0.39 is 10.0 Å². The molecule has 0 fully saturated rings. The molecule has 1 amide bonds. The molecule has 1 aliphatic heterocycles. The van der Waals surface area contributed by atoms with Gasteiger partial charge in [-0.25, -0.2) is 13.1 Å². The van der Waals surface area contributed by atoms with Gasteiger partial charge in [-0.2, -0.15) is 0 Å². The van der Waals surface area contributed by atoms with Crippen LogP contribution < -0.4 is 9.62 Å². The molecule has 0 aliphatic carbocycles. The number of amides is 1. The number of hydrogen-bond donors (Lipinski definition) is 1. The summed E-state index contributed by atoms with van der Waals surface area (Å²) in [5.41, 5.74) is 2.43. The maximum atomic E-state index is 12.9. The average Bonchev–Trinajstić information content (AvgIpc) is 2.90. The monoisotopic (exact) mass is 436 g/mol. The van der Waals surface area contributed by atoms with E-state index >= 15 is 0 Å². The van der Waals surface area contributed by atoms with Crippen LogP contribution in [0, 0.1) is 0 Å². The third kappa shape index (κ3) is 3.84. The normalized spacial score (nSPS) is 16.6. The molecule has 7 heteroatoms. The van der Waals surface area contributed by atoms with E-state index in [0.29, 0.717) is 29.5 Å². The Kier molecular flexibility index (Phi) is 5.50. The second-order valence-corrected chi connectivity index (χ2v) is 9.14. The molecule has 0 spiro atoms. The first kappa shape index (κ1) is 19.1. The molecule has 0 saturated carbocycles. The van der Waals surface area contributed by atoms with Crippen LogP contribution in [0.5, 0.6) is 0 Å². The fourth-order valence-electron chi connectivity index (χ4n) is 3.41. The number of fused-ring (bicyclic) bond motifs is 1. The molecule has 2 aromatic rings. The SMILES string of the molecule is CC(=O)N1c2c(cc(Br)cc2S(=O)(=O)NCCc2ccccc2)C[C@@H]1C. The lowest BCUT2D eigenvalue weighted by atomic mass is 10.1. The summed E-state index contributed by atoms with van der Waals surface area (Å²) in [5.74, 6) is -0.153. The number of hydrogen-bond acceptors (Lipinski definition) is 3. The van der Waals surface area contributed by atoms with Crippen molar-refractivity contribution in [2.75, 3.05) is 11.4 Å². The minimum Gasteiger partial charge on any atom is -0.308 e. The van der Waals surface area contributed by atoms with Crippen LogP contribution in [-0.4, -0.2) is 26.9 Å². The molecule has 138 valence electrons. The van der Waals surface area contributed by atoms with Crippen LogP contribution in [0.1, 0.15) is 25.0 Å². The summed E-state index contributed by atoms with van der Waals surface area (Å²) in [7, 11) is -3.74. The molecule has 0 bridgehead atoms. The topological polar surface area (TPSA) is 66.5 Å². The van der Waals surface area contributed by atoms with Crippen molar-refractivity contribution in [1.29, 1.82) is 0 Å². The third-order valence-corrected chi connectivity index (χ3v) is 6.43. The number of rotatable bonds is 5. The highest BCUT2D eigenvalue weighted by molar-refractivity contribution is 9.10. The van der Waals surface area contributed by atoms with Crippen LogP contribution in [-0.2, 0) is 27.7 Å². The minimum absolute atomic E-state index is 0.0601. The van der Waals surface area contributed by atoms with Crippen LogP contribution in [0.25, 0.3) is 0 Å². The Hall–Kier alpha value is -1.70. The average molecular weight is 437 g/mol. The van der Waals surface area contributed by atoms with Gasteiger partial charge in [0.15, 0.2) is 0 Å². The molecule has 1 N–H and O–H groups in total. The van der Waals surface area contributed by atoms with Gasteiger partial charge in [0.05, 0.1) is 5.69 Å². The smallest absolute Gasteiger partial charge is 0.242 e. The van der Waals surface area contributed by atoms with Gasteiger partial charge in [0.25, 0.3) is 0 Å². The van der Waals surface area contributed by atoms with E-state index in [0.717, 1.165) is 11.1 Å². The third-order valence-electron chi connectivity index (χ3n) is 4.49. The van der Waals surface area contributed by atoms with Gasteiger partial charge in [0.2, 0.25) is 15.9 Å². The molecule has 0 aromatic heterocycles. The number of halogens is 1. The number of nitrogens with one attached hydrogen (secondary N) is 1. The molecule has 1 heterocycles. The number of sulfonamides is 1. The zero-order valence-electron chi connectivity index (χ0n) is 14.7. The number of carbonyl (C=O) groups is 1. The summed E-state index contributed by atoms with van der Waals surface area (Å²) >= 11 is 3.39. The Bertz CT molecular complexity index is 929. The van der Waals surface area contributed by atoms with Crippen LogP contribution in [0.3, 0.4) is 0 Å². The predicted molar refractivity (Wildman–Crippen MR) is 106 cm³/mol. The zero-order chi connectivity index (χ0) is 18.9. The Morgan fingerprint density at radius 2 is 1.96 bits per heavy atom. The molecule has 2 aromatic carbocycles. The maximum Gasteiger partial charge on any atom is 0.242 e. The van der Waals surface area contributed by atoms with Gasteiger partial charge >= 0.3 is 0 Å². The Balaban J connectivity index is 1.89. The number of carbonyl (C=O) groups excluding carboxylic acids is 1. The van der Waals surface area contributed by atoms with E-state index in [1.807, 2.05) is 43.3 Å². The summed E-state index contributed by atoms with van der Waals surface area (Å²) in [4.78, 5) is 13.8. The van der Waals surface area contributed by atoms with Gasteiger partial charge in [-0.1, -0.05) is 46.3 Å². The van der Waals surface area contributed by atoms with Crippen molar-refractivity contribution in [2.24, 2.45) is 0 Å². The Morgan fingerprint density at radius 3 is 2.62 bits per heavy atom. The predicted octanol–water partition coefficient (Wildman–Crippen LogP) is 3.27. The molecule has 0 radical (unpaired) electrons. The van der Waals surface area contributed by atoms with Crippen LogP contribution in [0.2, 0.25) is 0 Å².